The topological polar surface area (TPSA) is 16.4 Å². The van der Waals surface area contributed by atoms with Crippen LogP contribution in [0.2, 0.25) is 0 Å². The Morgan fingerprint density at radius 3 is 1.74 bits per heavy atom. The van der Waals surface area contributed by atoms with Crippen molar-refractivity contribution in [3.8, 4) is 44.7 Å². The van der Waals surface area contributed by atoms with Gasteiger partial charge >= 0.3 is 0 Å². The van der Waals surface area contributed by atoms with Gasteiger partial charge in [0, 0.05) is 33.5 Å². The summed E-state index contributed by atoms with van der Waals surface area (Å²) in [5.74, 6) is 0.923. The summed E-state index contributed by atoms with van der Waals surface area (Å²) in [4.78, 5) is 2.37. The van der Waals surface area contributed by atoms with Crippen LogP contribution in [0.3, 0.4) is 0 Å². The van der Waals surface area contributed by atoms with E-state index in [1.807, 2.05) is 12.1 Å². The predicted octanol–water partition coefficient (Wildman–Crippen LogP) is 12.9. The number of rotatable bonds is 7. The zero-order chi connectivity index (χ0) is 31.6. The van der Waals surface area contributed by atoms with Gasteiger partial charge in [-0.2, -0.15) is 0 Å². The third kappa shape index (κ3) is 5.51. The second kappa shape index (κ2) is 12.3. The molecule has 0 saturated carbocycles. The molecule has 7 aromatic carbocycles. The fourth-order valence-electron chi connectivity index (χ4n) is 6.51. The Balaban J connectivity index is 1.22. The molecule has 1 aromatic heterocycles. The van der Waals surface area contributed by atoms with Crippen molar-refractivity contribution in [1.82, 2.24) is 0 Å². The van der Waals surface area contributed by atoms with Gasteiger partial charge in [-0.25, -0.2) is 0 Å². The van der Waals surface area contributed by atoms with Gasteiger partial charge in [0.05, 0.1) is 5.69 Å². The molecule has 2 heteroatoms. The maximum Gasteiger partial charge on any atom is 0.138 e. The van der Waals surface area contributed by atoms with Crippen LogP contribution in [-0.2, 0) is 0 Å². The molecule has 0 aliphatic rings. The molecule has 224 valence electrons. The lowest BCUT2D eigenvalue weighted by Gasteiger charge is -2.28. The van der Waals surface area contributed by atoms with Crippen LogP contribution in [0.5, 0.6) is 0 Å². The van der Waals surface area contributed by atoms with Crippen molar-refractivity contribution in [3.05, 3.63) is 188 Å². The van der Waals surface area contributed by atoms with Gasteiger partial charge in [0.1, 0.15) is 11.3 Å². The minimum absolute atomic E-state index is 0.918. The van der Waals surface area contributed by atoms with Crippen LogP contribution < -0.4 is 4.90 Å². The Bertz CT molecular complexity index is 2300. The van der Waals surface area contributed by atoms with Gasteiger partial charge in [-0.3, -0.25) is 0 Å². The maximum absolute atomic E-state index is 6.31. The zero-order valence-electron chi connectivity index (χ0n) is 26.2. The minimum atomic E-state index is 0.918. The summed E-state index contributed by atoms with van der Waals surface area (Å²) >= 11 is 0. The van der Waals surface area contributed by atoms with Crippen LogP contribution in [0.25, 0.3) is 55.7 Å². The van der Waals surface area contributed by atoms with Crippen molar-refractivity contribution in [1.29, 1.82) is 0 Å². The van der Waals surface area contributed by atoms with E-state index in [1.165, 1.54) is 27.8 Å². The average molecular weight is 604 g/mol. The molecule has 2 nitrogen and oxygen atoms in total. The molecular formula is C45H33NO. The highest BCUT2D eigenvalue weighted by Gasteiger charge is 2.18. The van der Waals surface area contributed by atoms with E-state index in [9.17, 15) is 0 Å². The van der Waals surface area contributed by atoms with Crippen molar-refractivity contribution >= 4 is 28.0 Å². The fraction of sp³-hybridized carbons (Fsp3) is 0.0222. The number of hydrogen-bond donors (Lipinski definition) is 0. The van der Waals surface area contributed by atoms with Crippen molar-refractivity contribution in [2.75, 3.05) is 4.90 Å². The van der Waals surface area contributed by atoms with Crippen molar-refractivity contribution in [3.63, 3.8) is 0 Å². The molecule has 0 unspecified atom stereocenters. The molecular weight excluding hydrogens is 571 g/mol. The highest BCUT2D eigenvalue weighted by molar-refractivity contribution is 5.90. The van der Waals surface area contributed by atoms with Gasteiger partial charge in [0.25, 0.3) is 0 Å². The first-order valence-corrected chi connectivity index (χ1v) is 16.0. The van der Waals surface area contributed by atoms with E-state index in [0.717, 1.165) is 50.5 Å². The standard InChI is InChI=1S/C45H33NO/c1-32-41-22-9-11-25-44(41)47-45(32)38-20-12-18-36(30-38)34-26-28-39(29-27-34)46(40-21-13-19-37(31-40)33-14-4-2-5-15-33)43-24-10-8-23-42(43)35-16-6-3-7-17-35/h2-31H,1H3. The third-order valence-electron chi connectivity index (χ3n) is 8.87. The SMILES string of the molecule is Cc1c(-c2cccc(-c3ccc(N(c4cccc(-c5ccccc5)c4)c4ccccc4-c4ccccc4)cc3)c2)oc2ccccc12. The number of para-hydroxylation sites is 2. The Labute approximate surface area is 275 Å². The second-order valence-corrected chi connectivity index (χ2v) is 11.8. The molecule has 0 aliphatic heterocycles. The number of aryl methyl sites for hydroxylation is 1. The van der Waals surface area contributed by atoms with Crippen LogP contribution >= 0.6 is 0 Å². The summed E-state index contributed by atoms with van der Waals surface area (Å²) in [5, 5.41) is 1.16. The Morgan fingerprint density at radius 1 is 0.404 bits per heavy atom. The van der Waals surface area contributed by atoms with E-state index < -0.39 is 0 Å². The Kier molecular flexibility index (Phi) is 7.45. The van der Waals surface area contributed by atoms with Crippen LogP contribution in [-0.4, -0.2) is 0 Å². The molecule has 0 amide bonds. The zero-order valence-corrected chi connectivity index (χ0v) is 26.2. The molecule has 8 rings (SSSR count). The van der Waals surface area contributed by atoms with Crippen molar-refractivity contribution < 1.29 is 4.42 Å². The summed E-state index contributed by atoms with van der Waals surface area (Å²) in [5.41, 5.74) is 13.5. The molecule has 0 atom stereocenters. The summed E-state index contributed by atoms with van der Waals surface area (Å²) < 4.78 is 6.31. The van der Waals surface area contributed by atoms with E-state index in [-0.39, 0.29) is 0 Å². The molecule has 0 radical (unpaired) electrons. The van der Waals surface area contributed by atoms with Gasteiger partial charge in [-0.05, 0) is 77.2 Å². The first-order valence-electron chi connectivity index (χ1n) is 16.0. The summed E-state index contributed by atoms with van der Waals surface area (Å²) in [7, 11) is 0. The number of hydrogen-bond acceptors (Lipinski definition) is 2. The number of benzene rings is 7. The highest BCUT2D eigenvalue weighted by atomic mass is 16.3. The van der Waals surface area contributed by atoms with E-state index >= 15 is 0 Å². The van der Waals surface area contributed by atoms with Gasteiger partial charge in [0.2, 0.25) is 0 Å². The molecule has 0 fully saturated rings. The number of fused-ring (bicyclic) bond motifs is 1. The van der Waals surface area contributed by atoms with Crippen LogP contribution in [0, 0.1) is 6.92 Å². The molecule has 0 bridgehead atoms. The first-order chi connectivity index (χ1) is 23.2. The predicted molar refractivity (Wildman–Crippen MR) is 197 cm³/mol. The monoisotopic (exact) mass is 603 g/mol. The summed E-state index contributed by atoms with van der Waals surface area (Å²) in [6.45, 7) is 2.14. The summed E-state index contributed by atoms with van der Waals surface area (Å²) in [6, 6.07) is 64.4. The largest absolute Gasteiger partial charge is 0.456 e. The number of anilines is 3. The van der Waals surface area contributed by atoms with Crippen molar-refractivity contribution in [2.24, 2.45) is 0 Å². The van der Waals surface area contributed by atoms with Crippen LogP contribution in [0.15, 0.2) is 186 Å². The molecule has 0 spiro atoms. The van der Waals surface area contributed by atoms with Crippen LogP contribution in [0.1, 0.15) is 5.56 Å². The number of furan rings is 1. The van der Waals surface area contributed by atoms with Gasteiger partial charge < -0.3 is 9.32 Å². The lowest BCUT2D eigenvalue weighted by atomic mass is 9.99. The Hall–Kier alpha value is -6.12. The quantitative estimate of drug-likeness (QED) is 0.180. The molecule has 0 aliphatic carbocycles. The first kappa shape index (κ1) is 28.4. The second-order valence-electron chi connectivity index (χ2n) is 11.8. The lowest BCUT2D eigenvalue weighted by molar-refractivity contribution is 0.629. The molecule has 0 N–H and O–H groups in total. The fourth-order valence-corrected chi connectivity index (χ4v) is 6.51. The van der Waals surface area contributed by atoms with Gasteiger partial charge in [0.15, 0.2) is 0 Å². The van der Waals surface area contributed by atoms with E-state index in [2.05, 4.69) is 182 Å². The number of nitrogens with zero attached hydrogens (tertiary/aromatic N) is 1. The summed E-state index contributed by atoms with van der Waals surface area (Å²) in [6.07, 6.45) is 0. The Morgan fingerprint density at radius 2 is 0.979 bits per heavy atom. The molecule has 47 heavy (non-hydrogen) atoms. The van der Waals surface area contributed by atoms with E-state index in [0.29, 0.717) is 0 Å². The van der Waals surface area contributed by atoms with Gasteiger partial charge in [-0.15, -0.1) is 0 Å². The third-order valence-corrected chi connectivity index (χ3v) is 8.87. The normalized spacial score (nSPS) is 11.1. The lowest BCUT2D eigenvalue weighted by Crippen LogP contribution is -2.11. The van der Waals surface area contributed by atoms with E-state index in [4.69, 9.17) is 4.42 Å². The smallest absolute Gasteiger partial charge is 0.138 e. The van der Waals surface area contributed by atoms with E-state index in [1.54, 1.807) is 0 Å². The van der Waals surface area contributed by atoms with Crippen molar-refractivity contribution in [2.45, 2.75) is 6.92 Å². The molecule has 0 saturated heterocycles. The van der Waals surface area contributed by atoms with Gasteiger partial charge in [-0.1, -0.05) is 140 Å². The highest BCUT2D eigenvalue weighted by Crippen LogP contribution is 2.42. The van der Waals surface area contributed by atoms with Crippen LogP contribution in [0.4, 0.5) is 17.1 Å². The average Bonchev–Trinajstić information content (AvgIpc) is 3.49. The maximum atomic E-state index is 6.31. The minimum Gasteiger partial charge on any atom is -0.456 e. The molecule has 8 aromatic rings. The molecule has 1 heterocycles.